The third-order valence-electron chi connectivity index (χ3n) is 1.73. The van der Waals surface area contributed by atoms with E-state index in [9.17, 15) is 13.6 Å². The van der Waals surface area contributed by atoms with Crippen molar-refractivity contribution in [1.29, 1.82) is 0 Å². The minimum absolute atomic E-state index is 0.469. The van der Waals surface area contributed by atoms with Crippen molar-refractivity contribution in [3.63, 3.8) is 0 Å². The Balaban J connectivity index is 3.33. The lowest BCUT2D eigenvalue weighted by Gasteiger charge is -2.02. The van der Waals surface area contributed by atoms with Crippen molar-refractivity contribution in [3.05, 3.63) is 34.9 Å². The van der Waals surface area contributed by atoms with Crippen LogP contribution in [-0.4, -0.2) is 11.1 Å². The van der Waals surface area contributed by atoms with Crippen LogP contribution in [0.2, 0.25) is 0 Å². The molecule has 1 aromatic carbocycles. The van der Waals surface area contributed by atoms with Crippen molar-refractivity contribution >= 4 is 5.97 Å². The molecule has 0 atom stereocenters. The van der Waals surface area contributed by atoms with Gasteiger partial charge in [0.1, 0.15) is 0 Å². The molecule has 0 unspecified atom stereocenters. The standard InChI is InChI=1S/C9H8F2O2/c1-2-5-3-6(9(12)13)8(11)7(10)4-5/h3-4H,2H2,1H3,(H,12,13). The molecule has 0 aromatic heterocycles. The molecule has 0 fully saturated rings. The molecule has 0 heterocycles. The lowest BCUT2D eigenvalue weighted by Crippen LogP contribution is -2.04. The zero-order chi connectivity index (χ0) is 10.0. The number of aromatic carboxylic acids is 1. The second-order valence-electron chi connectivity index (χ2n) is 2.60. The molecule has 0 saturated heterocycles. The number of benzene rings is 1. The highest BCUT2D eigenvalue weighted by molar-refractivity contribution is 5.88. The maximum absolute atomic E-state index is 12.8. The predicted octanol–water partition coefficient (Wildman–Crippen LogP) is 2.23. The predicted molar refractivity (Wildman–Crippen MR) is 42.7 cm³/mol. The molecule has 13 heavy (non-hydrogen) atoms. The van der Waals surface area contributed by atoms with Crippen molar-refractivity contribution in [3.8, 4) is 0 Å². The summed E-state index contributed by atoms with van der Waals surface area (Å²) < 4.78 is 25.6. The zero-order valence-corrected chi connectivity index (χ0v) is 6.97. The lowest BCUT2D eigenvalue weighted by atomic mass is 10.1. The first kappa shape index (κ1) is 9.64. The Morgan fingerprint density at radius 2 is 2.08 bits per heavy atom. The average molecular weight is 186 g/mol. The van der Waals surface area contributed by atoms with Crippen molar-refractivity contribution in [1.82, 2.24) is 0 Å². The van der Waals surface area contributed by atoms with E-state index in [0.29, 0.717) is 12.0 Å². The topological polar surface area (TPSA) is 37.3 Å². The average Bonchev–Trinajstić information content (AvgIpc) is 2.09. The summed E-state index contributed by atoms with van der Waals surface area (Å²) in [4.78, 5) is 10.4. The van der Waals surface area contributed by atoms with E-state index < -0.39 is 23.2 Å². The Kier molecular flexibility index (Phi) is 2.60. The SMILES string of the molecule is CCc1cc(F)c(F)c(C(=O)O)c1. The maximum atomic E-state index is 12.8. The molecular weight excluding hydrogens is 178 g/mol. The number of halogens is 2. The van der Waals surface area contributed by atoms with E-state index in [4.69, 9.17) is 5.11 Å². The Morgan fingerprint density at radius 3 is 2.54 bits per heavy atom. The van der Waals surface area contributed by atoms with E-state index in [-0.39, 0.29) is 0 Å². The molecule has 0 amide bonds. The number of carboxylic acids is 1. The lowest BCUT2D eigenvalue weighted by molar-refractivity contribution is 0.0690. The molecule has 1 N–H and O–H groups in total. The van der Waals surface area contributed by atoms with E-state index in [2.05, 4.69) is 0 Å². The third-order valence-corrected chi connectivity index (χ3v) is 1.73. The second-order valence-corrected chi connectivity index (χ2v) is 2.60. The monoisotopic (exact) mass is 186 g/mol. The summed E-state index contributed by atoms with van der Waals surface area (Å²) in [6.07, 6.45) is 0.470. The summed E-state index contributed by atoms with van der Waals surface area (Å²) in [7, 11) is 0. The normalized spacial score (nSPS) is 10.1. The first-order chi connectivity index (χ1) is 6.06. The second kappa shape index (κ2) is 3.51. The summed E-state index contributed by atoms with van der Waals surface area (Å²) in [5, 5.41) is 8.50. The van der Waals surface area contributed by atoms with Gasteiger partial charge < -0.3 is 5.11 Å². The third kappa shape index (κ3) is 1.83. The van der Waals surface area contributed by atoms with Crippen LogP contribution in [0.5, 0.6) is 0 Å². The maximum Gasteiger partial charge on any atom is 0.338 e. The first-order valence-corrected chi connectivity index (χ1v) is 3.77. The van der Waals surface area contributed by atoms with Crippen molar-refractivity contribution in [2.24, 2.45) is 0 Å². The highest BCUT2D eigenvalue weighted by atomic mass is 19.2. The van der Waals surface area contributed by atoms with Gasteiger partial charge in [-0.05, 0) is 24.1 Å². The number of aryl methyl sites for hydroxylation is 1. The van der Waals surface area contributed by atoms with Crippen molar-refractivity contribution < 1.29 is 18.7 Å². The Bertz CT molecular complexity index is 348. The number of hydrogen-bond acceptors (Lipinski definition) is 1. The number of carbonyl (C=O) groups is 1. The van der Waals surface area contributed by atoms with Crippen LogP contribution in [0, 0.1) is 11.6 Å². The van der Waals surface area contributed by atoms with Gasteiger partial charge in [-0.15, -0.1) is 0 Å². The van der Waals surface area contributed by atoms with Crippen LogP contribution < -0.4 is 0 Å². The van der Waals surface area contributed by atoms with Crippen LogP contribution >= 0.6 is 0 Å². The minimum atomic E-state index is -1.45. The molecule has 70 valence electrons. The quantitative estimate of drug-likeness (QED) is 0.768. The van der Waals surface area contributed by atoms with Crippen LogP contribution in [0.3, 0.4) is 0 Å². The summed E-state index contributed by atoms with van der Waals surface area (Å²) in [6.45, 7) is 1.73. The molecule has 4 heteroatoms. The summed E-state index contributed by atoms with van der Waals surface area (Å²) >= 11 is 0. The van der Waals surface area contributed by atoms with Gasteiger partial charge in [-0.2, -0.15) is 0 Å². The largest absolute Gasteiger partial charge is 0.478 e. The zero-order valence-electron chi connectivity index (χ0n) is 6.97. The fraction of sp³-hybridized carbons (Fsp3) is 0.222. The Labute approximate surface area is 73.8 Å². The van der Waals surface area contributed by atoms with Gasteiger partial charge in [0.25, 0.3) is 0 Å². The highest BCUT2D eigenvalue weighted by Gasteiger charge is 2.15. The molecule has 0 aliphatic heterocycles. The van der Waals surface area contributed by atoms with E-state index in [1.807, 2.05) is 0 Å². The van der Waals surface area contributed by atoms with Gasteiger partial charge in [0.15, 0.2) is 11.6 Å². The molecule has 0 spiro atoms. The number of hydrogen-bond donors (Lipinski definition) is 1. The smallest absolute Gasteiger partial charge is 0.338 e. The molecule has 0 bridgehead atoms. The van der Waals surface area contributed by atoms with E-state index >= 15 is 0 Å². The van der Waals surface area contributed by atoms with Gasteiger partial charge in [-0.1, -0.05) is 6.92 Å². The van der Waals surface area contributed by atoms with Gasteiger partial charge in [-0.3, -0.25) is 0 Å². The molecular formula is C9H8F2O2. The molecule has 1 rings (SSSR count). The summed E-state index contributed by atoms with van der Waals surface area (Å²) in [5.41, 5.74) is -0.145. The molecule has 0 saturated carbocycles. The van der Waals surface area contributed by atoms with Crippen LogP contribution in [0.1, 0.15) is 22.8 Å². The van der Waals surface area contributed by atoms with Gasteiger partial charge in [-0.25, -0.2) is 13.6 Å². The van der Waals surface area contributed by atoms with E-state index in [1.165, 1.54) is 0 Å². The molecule has 0 radical (unpaired) electrons. The molecule has 2 nitrogen and oxygen atoms in total. The molecule has 1 aromatic rings. The van der Waals surface area contributed by atoms with Crippen molar-refractivity contribution in [2.75, 3.05) is 0 Å². The molecule has 0 aliphatic carbocycles. The molecule has 0 aliphatic rings. The number of rotatable bonds is 2. The fourth-order valence-corrected chi connectivity index (χ4v) is 1.00. The van der Waals surface area contributed by atoms with Gasteiger partial charge in [0.05, 0.1) is 5.56 Å². The Morgan fingerprint density at radius 1 is 1.46 bits per heavy atom. The Hall–Kier alpha value is -1.45. The van der Waals surface area contributed by atoms with Gasteiger partial charge >= 0.3 is 5.97 Å². The minimum Gasteiger partial charge on any atom is -0.478 e. The van der Waals surface area contributed by atoms with E-state index in [0.717, 1.165) is 12.1 Å². The van der Waals surface area contributed by atoms with E-state index in [1.54, 1.807) is 6.92 Å². The van der Waals surface area contributed by atoms with Crippen LogP contribution in [0.4, 0.5) is 8.78 Å². The van der Waals surface area contributed by atoms with Gasteiger partial charge in [0.2, 0.25) is 0 Å². The highest BCUT2D eigenvalue weighted by Crippen LogP contribution is 2.15. The van der Waals surface area contributed by atoms with Crippen LogP contribution in [0.25, 0.3) is 0 Å². The first-order valence-electron chi connectivity index (χ1n) is 3.77. The fourth-order valence-electron chi connectivity index (χ4n) is 1.00. The van der Waals surface area contributed by atoms with Gasteiger partial charge in [0, 0.05) is 0 Å². The summed E-state index contributed by atoms with van der Waals surface area (Å²) in [5.74, 6) is -3.87. The van der Waals surface area contributed by atoms with Crippen LogP contribution in [0.15, 0.2) is 12.1 Å². The van der Waals surface area contributed by atoms with Crippen molar-refractivity contribution in [2.45, 2.75) is 13.3 Å². The summed E-state index contributed by atoms with van der Waals surface area (Å²) in [6, 6.07) is 2.14. The van der Waals surface area contributed by atoms with Crippen LogP contribution in [-0.2, 0) is 6.42 Å². The number of carboxylic acid groups (broad SMARTS) is 1.